The molecule has 108 valence electrons. The Morgan fingerprint density at radius 2 is 1.95 bits per heavy atom. The molecule has 1 heterocycles. The molecule has 0 aliphatic rings. The lowest BCUT2D eigenvalue weighted by atomic mass is 10.0. The molecule has 1 aromatic carbocycles. The number of para-hydroxylation sites is 1. The standard InChI is InChI=1S/C17H23NO2/c1-12(2)9-13(3)18(4)10-16(19)15-11-20-17-8-6-5-7-14(15)17/h5-8,11-13H,9-10H2,1-4H3. The molecule has 0 spiro atoms. The zero-order valence-corrected chi connectivity index (χ0v) is 12.7. The zero-order valence-electron chi connectivity index (χ0n) is 12.7. The Morgan fingerprint density at radius 1 is 1.25 bits per heavy atom. The lowest BCUT2D eigenvalue weighted by Crippen LogP contribution is -2.34. The Labute approximate surface area is 120 Å². The molecule has 0 aliphatic heterocycles. The van der Waals surface area contributed by atoms with E-state index >= 15 is 0 Å². The Kier molecular flexibility index (Phi) is 4.61. The lowest BCUT2D eigenvalue weighted by Gasteiger charge is -2.25. The molecule has 1 aromatic heterocycles. The van der Waals surface area contributed by atoms with Crippen LogP contribution in [-0.2, 0) is 0 Å². The molecule has 2 aromatic rings. The van der Waals surface area contributed by atoms with E-state index in [9.17, 15) is 4.79 Å². The molecule has 0 radical (unpaired) electrons. The third kappa shape index (κ3) is 3.28. The van der Waals surface area contributed by atoms with Gasteiger partial charge in [0.15, 0.2) is 5.78 Å². The number of nitrogens with zero attached hydrogens (tertiary/aromatic N) is 1. The topological polar surface area (TPSA) is 33.5 Å². The highest BCUT2D eigenvalue weighted by Gasteiger charge is 2.18. The van der Waals surface area contributed by atoms with Gasteiger partial charge in [0.05, 0.1) is 12.1 Å². The van der Waals surface area contributed by atoms with Crippen LogP contribution in [0.2, 0.25) is 0 Å². The minimum absolute atomic E-state index is 0.119. The maximum Gasteiger partial charge on any atom is 0.180 e. The van der Waals surface area contributed by atoms with E-state index in [-0.39, 0.29) is 5.78 Å². The van der Waals surface area contributed by atoms with Crippen molar-refractivity contribution in [2.24, 2.45) is 5.92 Å². The van der Waals surface area contributed by atoms with Crippen LogP contribution in [0.1, 0.15) is 37.6 Å². The summed E-state index contributed by atoms with van der Waals surface area (Å²) in [5.41, 5.74) is 1.46. The maximum atomic E-state index is 12.4. The van der Waals surface area contributed by atoms with Crippen molar-refractivity contribution in [3.8, 4) is 0 Å². The second-order valence-corrected chi connectivity index (χ2v) is 5.96. The van der Waals surface area contributed by atoms with Gasteiger partial charge in [-0.1, -0.05) is 32.0 Å². The highest BCUT2D eigenvalue weighted by Crippen LogP contribution is 2.21. The van der Waals surface area contributed by atoms with Gasteiger partial charge < -0.3 is 4.42 Å². The van der Waals surface area contributed by atoms with E-state index in [0.29, 0.717) is 24.1 Å². The molecule has 0 saturated heterocycles. The number of benzene rings is 1. The van der Waals surface area contributed by atoms with Crippen molar-refractivity contribution >= 4 is 16.8 Å². The van der Waals surface area contributed by atoms with Gasteiger partial charge >= 0.3 is 0 Å². The second-order valence-electron chi connectivity index (χ2n) is 5.96. The van der Waals surface area contributed by atoms with E-state index in [2.05, 4.69) is 25.7 Å². The van der Waals surface area contributed by atoms with Crippen LogP contribution in [0.15, 0.2) is 34.9 Å². The number of rotatable bonds is 6. The van der Waals surface area contributed by atoms with Gasteiger partial charge in [-0.25, -0.2) is 0 Å². The average molecular weight is 273 g/mol. The molecule has 0 amide bonds. The molecule has 0 bridgehead atoms. The second kappa shape index (κ2) is 6.23. The van der Waals surface area contributed by atoms with Crippen molar-refractivity contribution in [1.82, 2.24) is 4.90 Å². The number of hydrogen-bond donors (Lipinski definition) is 0. The van der Waals surface area contributed by atoms with Crippen LogP contribution in [0, 0.1) is 5.92 Å². The number of furan rings is 1. The molecule has 1 unspecified atom stereocenters. The smallest absolute Gasteiger partial charge is 0.180 e. The molecule has 20 heavy (non-hydrogen) atoms. The first-order valence-electron chi connectivity index (χ1n) is 7.18. The van der Waals surface area contributed by atoms with Crippen molar-refractivity contribution < 1.29 is 9.21 Å². The highest BCUT2D eigenvalue weighted by atomic mass is 16.3. The van der Waals surface area contributed by atoms with Gasteiger partial charge in [-0.2, -0.15) is 0 Å². The van der Waals surface area contributed by atoms with Crippen molar-refractivity contribution in [3.63, 3.8) is 0 Å². The average Bonchev–Trinajstić information content (AvgIpc) is 2.81. The van der Waals surface area contributed by atoms with Crippen LogP contribution in [0.3, 0.4) is 0 Å². The number of carbonyl (C=O) groups excluding carboxylic acids is 1. The molecule has 0 saturated carbocycles. The van der Waals surface area contributed by atoms with Crippen LogP contribution in [-0.4, -0.2) is 30.3 Å². The Morgan fingerprint density at radius 3 is 2.65 bits per heavy atom. The zero-order chi connectivity index (χ0) is 14.7. The van der Waals surface area contributed by atoms with Gasteiger partial charge in [-0.3, -0.25) is 9.69 Å². The van der Waals surface area contributed by atoms with Crippen LogP contribution in [0.5, 0.6) is 0 Å². The lowest BCUT2D eigenvalue weighted by molar-refractivity contribution is 0.0917. The molecule has 3 heteroatoms. The van der Waals surface area contributed by atoms with Crippen LogP contribution >= 0.6 is 0 Å². The number of hydrogen-bond acceptors (Lipinski definition) is 3. The van der Waals surface area contributed by atoms with Crippen molar-refractivity contribution in [2.75, 3.05) is 13.6 Å². The summed E-state index contributed by atoms with van der Waals surface area (Å²) in [5.74, 6) is 0.755. The quantitative estimate of drug-likeness (QED) is 0.746. The van der Waals surface area contributed by atoms with E-state index in [1.165, 1.54) is 0 Å². The predicted octanol–water partition coefficient (Wildman–Crippen LogP) is 3.98. The first kappa shape index (κ1) is 14.8. The number of carbonyl (C=O) groups is 1. The summed E-state index contributed by atoms with van der Waals surface area (Å²) in [7, 11) is 2.01. The molecule has 2 rings (SSSR count). The van der Waals surface area contributed by atoms with Gasteiger partial charge in [-0.05, 0) is 32.4 Å². The summed E-state index contributed by atoms with van der Waals surface area (Å²) in [6.07, 6.45) is 2.67. The summed E-state index contributed by atoms with van der Waals surface area (Å²) in [6.45, 7) is 7.00. The Hall–Kier alpha value is -1.61. The van der Waals surface area contributed by atoms with Crippen molar-refractivity contribution in [2.45, 2.75) is 33.2 Å². The summed E-state index contributed by atoms with van der Waals surface area (Å²) >= 11 is 0. The van der Waals surface area contributed by atoms with E-state index in [4.69, 9.17) is 4.42 Å². The minimum Gasteiger partial charge on any atom is -0.464 e. The molecular weight excluding hydrogens is 250 g/mol. The first-order valence-corrected chi connectivity index (χ1v) is 7.18. The van der Waals surface area contributed by atoms with Gasteiger partial charge in [0.1, 0.15) is 11.8 Å². The normalized spacial score (nSPS) is 13.3. The molecule has 1 atom stereocenters. The van der Waals surface area contributed by atoms with Gasteiger partial charge in [0.2, 0.25) is 0 Å². The maximum absolute atomic E-state index is 12.4. The largest absolute Gasteiger partial charge is 0.464 e. The fraction of sp³-hybridized carbons (Fsp3) is 0.471. The van der Waals surface area contributed by atoms with Crippen LogP contribution < -0.4 is 0 Å². The minimum atomic E-state index is 0.119. The molecule has 0 aliphatic carbocycles. The molecule has 0 fully saturated rings. The van der Waals surface area contributed by atoms with E-state index in [0.717, 1.165) is 17.4 Å². The SMILES string of the molecule is CC(C)CC(C)N(C)CC(=O)c1coc2ccccc12. The first-order chi connectivity index (χ1) is 9.49. The van der Waals surface area contributed by atoms with Crippen LogP contribution in [0.25, 0.3) is 11.0 Å². The monoisotopic (exact) mass is 273 g/mol. The third-order valence-electron chi connectivity index (χ3n) is 3.74. The summed E-state index contributed by atoms with van der Waals surface area (Å²) in [6, 6.07) is 8.06. The highest BCUT2D eigenvalue weighted by molar-refractivity contribution is 6.08. The summed E-state index contributed by atoms with van der Waals surface area (Å²) in [4.78, 5) is 14.5. The Bertz CT molecular complexity index is 585. The number of Topliss-reactive ketones (excluding diaryl/α,β-unsaturated/α-hetero) is 1. The predicted molar refractivity (Wildman–Crippen MR) is 82.1 cm³/mol. The van der Waals surface area contributed by atoms with Crippen LogP contribution in [0.4, 0.5) is 0 Å². The van der Waals surface area contributed by atoms with Gasteiger partial charge in [0, 0.05) is 11.4 Å². The molecular formula is C17H23NO2. The van der Waals surface area contributed by atoms with Crippen molar-refractivity contribution in [1.29, 1.82) is 0 Å². The summed E-state index contributed by atoms with van der Waals surface area (Å²) < 4.78 is 5.44. The van der Waals surface area contributed by atoms with E-state index < -0.39 is 0 Å². The number of ketones is 1. The van der Waals surface area contributed by atoms with Gasteiger partial charge in [0.25, 0.3) is 0 Å². The number of likely N-dealkylation sites (N-methyl/N-ethyl adjacent to an activating group) is 1. The van der Waals surface area contributed by atoms with Crippen molar-refractivity contribution in [3.05, 3.63) is 36.1 Å². The van der Waals surface area contributed by atoms with E-state index in [1.54, 1.807) is 6.26 Å². The molecule has 0 N–H and O–H groups in total. The Balaban J connectivity index is 2.08. The third-order valence-corrected chi connectivity index (χ3v) is 3.74. The van der Waals surface area contributed by atoms with Gasteiger partial charge in [-0.15, -0.1) is 0 Å². The fourth-order valence-electron chi connectivity index (χ4n) is 2.52. The number of fused-ring (bicyclic) bond motifs is 1. The fourth-order valence-corrected chi connectivity index (χ4v) is 2.52. The van der Waals surface area contributed by atoms with E-state index in [1.807, 2.05) is 31.3 Å². The molecule has 3 nitrogen and oxygen atoms in total. The summed E-state index contributed by atoms with van der Waals surface area (Å²) in [5, 5.41) is 0.905.